The number of nitriles is 1. The van der Waals surface area contributed by atoms with Crippen LogP contribution in [-0.4, -0.2) is 45.9 Å². The Labute approximate surface area is 147 Å². The Kier molecular flexibility index (Phi) is 8.05. The fourth-order valence-corrected chi connectivity index (χ4v) is 1.67. The van der Waals surface area contributed by atoms with E-state index < -0.39 is 18.0 Å². The highest BCUT2D eigenvalue weighted by molar-refractivity contribution is 6.27. The van der Waals surface area contributed by atoms with Gasteiger partial charge >= 0.3 is 11.9 Å². The second-order valence-corrected chi connectivity index (χ2v) is 4.55. The van der Waals surface area contributed by atoms with Crippen molar-refractivity contribution >= 4 is 11.9 Å². The van der Waals surface area contributed by atoms with Gasteiger partial charge in [-0.1, -0.05) is 5.16 Å². The number of methoxy groups -OCH3 is 1. The molecule has 2 aromatic rings. The van der Waals surface area contributed by atoms with Crippen LogP contribution in [0.1, 0.15) is 23.8 Å². The molecule has 0 amide bonds. The molecule has 0 aliphatic carbocycles. The molecular weight excluding hydrogens is 348 g/mol. The van der Waals surface area contributed by atoms with Gasteiger partial charge in [-0.05, 0) is 6.54 Å². The molecule has 0 fully saturated rings. The lowest BCUT2D eigenvalue weighted by atomic mass is 10.2. The van der Waals surface area contributed by atoms with E-state index in [4.69, 9.17) is 44.8 Å². The summed E-state index contributed by atoms with van der Waals surface area (Å²) in [6, 6.07) is 5.28. The molecule has 0 bridgehead atoms. The highest BCUT2D eigenvalue weighted by atomic mass is 16.5. The summed E-state index contributed by atoms with van der Waals surface area (Å²) in [6.07, 6.45) is 3.01. The molecule has 138 valence electrons. The minimum atomic E-state index is -1.82. The van der Waals surface area contributed by atoms with Gasteiger partial charge in [0.05, 0.1) is 13.3 Å². The van der Waals surface area contributed by atoms with E-state index in [0.29, 0.717) is 35.9 Å². The number of rotatable bonds is 6. The smallest absolute Gasteiger partial charge is 0.414 e. The number of nitrogens with two attached hydrogens (primary N) is 1. The van der Waals surface area contributed by atoms with E-state index in [2.05, 4.69) is 10.1 Å². The molecule has 1 atom stereocenters. The van der Waals surface area contributed by atoms with Crippen LogP contribution in [-0.2, 0) is 9.59 Å². The number of ether oxygens (including phenoxy) is 2. The molecule has 2 heterocycles. The first kappa shape index (κ1) is 20.4. The van der Waals surface area contributed by atoms with Crippen LogP contribution in [0.3, 0.4) is 0 Å². The average molecular weight is 364 g/mol. The Bertz CT molecular complexity index is 759. The van der Waals surface area contributed by atoms with Crippen LogP contribution in [0, 0.1) is 11.3 Å². The first-order valence-corrected chi connectivity index (χ1v) is 7.10. The van der Waals surface area contributed by atoms with Gasteiger partial charge in [0.25, 0.3) is 0 Å². The summed E-state index contributed by atoms with van der Waals surface area (Å²) >= 11 is 0. The summed E-state index contributed by atoms with van der Waals surface area (Å²) in [7, 11) is 1.49. The quantitative estimate of drug-likeness (QED) is 0.609. The molecule has 0 aliphatic heterocycles. The molecule has 0 unspecified atom stereocenters. The van der Waals surface area contributed by atoms with Crippen LogP contribution in [0.4, 0.5) is 0 Å². The molecule has 0 saturated heterocycles. The van der Waals surface area contributed by atoms with Crippen molar-refractivity contribution in [3.05, 3.63) is 35.9 Å². The molecule has 2 aromatic heterocycles. The second kappa shape index (κ2) is 10.3. The predicted molar refractivity (Wildman–Crippen MR) is 84.3 cm³/mol. The number of hydrogen-bond donors (Lipinski definition) is 3. The molecule has 0 radical (unpaired) electrons. The predicted octanol–water partition coefficient (Wildman–Crippen LogP) is 0.574. The van der Waals surface area contributed by atoms with Crippen LogP contribution in [0.25, 0.3) is 0 Å². The van der Waals surface area contributed by atoms with Gasteiger partial charge in [-0.2, -0.15) is 5.26 Å². The van der Waals surface area contributed by atoms with Crippen molar-refractivity contribution in [1.82, 2.24) is 10.1 Å². The summed E-state index contributed by atoms with van der Waals surface area (Å²) in [5, 5.41) is 27.7. The van der Waals surface area contributed by atoms with Crippen LogP contribution in [0.15, 0.2) is 29.1 Å². The molecule has 0 aliphatic rings. The highest BCUT2D eigenvalue weighted by Gasteiger charge is 2.18. The fourth-order valence-electron chi connectivity index (χ4n) is 1.67. The van der Waals surface area contributed by atoms with Gasteiger partial charge in [-0.25, -0.2) is 14.6 Å². The SMILES string of the molecule is COc1cc(O[C@H](CCN)c2ccon2)c(C#N)cn1.O=C(O)C(=O)O. The van der Waals surface area contributed by atoms with Crippen LogP contribution in [0.5, 0.6) is 11.6 Å². The molecule has 2 rings (SSSR count). The largest absolute Gasteiger partial charge is 0.482 e. The van der Waals surface area contributed by atoms with E-state index in [1.54, 1.807) is 12.1 Å². The molecule has 26 heavy (non-hydrogen) atoms. The molecule has 0 spiro atoms. The third-order valence-electron chi connectivity index (χ3n) is 2.84. The van der Waals surface area contributed by atoms with Crippen molar-refractivity contribution in [2.24, 2.45) is 5.73 Å². The Morgan fingerprint density at radius 1 is 1.42 bits per heavy atom. The minimum Gasteiger partial charge on any atom is -0.482 e. The van der Waals surface area contributed by atoms with E-state index >= 15 is 0 Å². The van der Waals surface area contributed by atoms with E-state index in [1.807, 2.05) is 6.07 Å². The minimum absolute atomic E-state index is 0.316. The lowest BCUT2D eigenvalue weighted by Gasteiger charge is -2.17. The molecule has 0 aromatic carbocycles. The van der Waals surface area contributed by atoms with E-state index in [0.717, 1.165) is 0 Å². The summed E-state index contributed by atoms with van der Waals surface area (Å²) in [5.41, 5.74) is 6.51. The number of aromatic nitrogens is 2. The summed E-state index contributed by atoms with van der Waals surface area (Å²) in [5.74, 6) is -2.91. The van der Waals surface area contributed by atoms with Gasteiger partial charge in [0.2, 0.25) is 5.88 Å². The Hall–Kier alpha value is -3.65. The topological polar surface area (TPSA) is 182 Å². The summed E-state index contributed by atoms with van der Waals surface area (Å²) in [4.78, 5) is 22.2. The van der Waals surface area contributed by atoms with Crippen LogP contribution in [0.2, 0.25) is 0 Å². The van der Waals surface area contributed by atoms with Crippen molar-refractivity contribution < 1.29 is 33.8 Å². The van der Waals surface area contributed by atoms with E-state index in [1.165, 1.54) is 19.6 Å². The maximum absolute atomic E-state index is 9.10. The number of hydrogen-bond acceptors (Lipinski definition) is 9. The van der Waals surface area contributed by atoms with Crippen molar-refractivity contribution in [3.8, 4) is 17.7 Å². The van der Waals surface area contributed by atoms with Crippen molar-refractivity contribution in [2.45, 2.75) is 12.5 Å². The number of nitrogens with zero attached hydrogens (tertiary/aromatic N) is 3. The fraction of sp³-hybridized carbons (Fsp3) is 0.267. The van der Waals surface area contributed by atoms with Gasteiger partial charge in [0, 0.05) is 18.6 Å². The van der Waals surface area contributed by atoms with Gasteiger partial charge in [-0.15, -0.1) is 0 Å². The van der Waals surface area contributed by atoms with Gasteiger partial charge < -0.3 is 29.9 Å². The third kappa shape index (κ3) is 6.10. The third-order valence-corrected chi connectivity index (χ3v) is 2.84. The Morgan fingerprint density at radius 2 is 2.12 bits per heavy atom. The lowest BCUT2D eigenvalue weighted by molar-refractivity contribution is -0.159. The summed E-state index contributed by atoms with van der Waals surface area (Å²) < 4.78 is 15.7. The highest BCUT2D eigenvalue weighted by Crippen LogP contribution is 2.28. The first-order valence-electron chi connectivity index (χ1n) is 7.10. The van der Waals surface area contributed by atoms with Crippen molar-refractivity contribution in [1.29, 1.82) is 5.26 Å². The zero-order valence-corrected chi connectivity index (χ0v) is 13.7. The Morgan fingerprint density at radius 3 is 2.58 bits per heavy atom. The number of pyridine rings is 1. The summed E-state index contributed by atoms with van der Waals surface area (Å²) in [6.45, 7) is 0.418. The average Bonchev–Trinajstić information content (AvgIpc) is 3.16. The number of aliphatic carboxylic acids is 2. The van der Waals surface area contributed by atoms with E-state index in [9.17, 15) is 0 Å². The van der Waals surface area contributed by atoms with Crippen LogP contribution >= 0.6 is 0 Å². The maximum atomic E-state index is 9.10. The number of carboxylic acids is 2. The Balaban J connectivity index is 0.000000487. The maximum Gasteiger partial charge on any atom is 0.414 e. The zero-order chi connectivity index (χ0) is 19.5. The molecule has 4 N–H and O–H groups in total. The molecule has 11 heteroatoms. The van der Waals surface area contributed by atoms with Crippen molar-refractivity contribution in [2.75, 3.05) is 13.7 Å². The zero-order valence-electron chi connectivity index (χ0n) is 13.7. The van der Waals surface area contributed by atoms with Gasteiger partial charge in [-0.3, -0.25) is 0 Å². The van der Waals surface area contributed by atoms with E-state index in [-0.39, 0.29) is 0 Å². The van der Waals surface area contributed by atoms with Gasteiger partial charge in [0.15, 0.2) is 0 Å². The van der Waals surface area contributed by atoms with Crippen molar-refractivity contribution in [3.63, 3.8) is 0 Å². The number of carboxylic acid groups (broad SMARTS) is 2. The molecule has 0 saturated carbocycles. The normalized spacial score (nSPS) is 10.7. The molecular formula is C15H16N4O7. The molecule has 11 nitrogen and oxygen atoms in total. The second-order valence-electron chi connectivity index (χ2n) is 4.55. The monoisotopic (exact) mass is 364 g/mol. The number of carbonyl (C=O) groups is 2. The lowest BCUT2D eigenvalue weighted by Crippen LogP contribution is -2.14. The van der Waals surface area contributed by atoms with Crippen LogP contribution < -0.4 is 15.2 Å². The van der Waals surface area contributed by atoms with Gasteiger partial charge in [0.1, 0.15) is 35.4 Å². The standard InChI is InChI=1S/C13H14N4O3.C2H2O4/c1-18-13-6-12(9(7-15)8-16-13)20-11(2-4-14)10-3-5-19-17-10;3-1(4)2(5)6/h3,5-6,8,11H,2,4,14H2,1H3;(H,3,4)(H,5,6)/t11-;/m1./s1. The first-order chi connectivity index (χ1) is 12.4.